The van der Waals surface area contributed by atoms with Crippen molar-refractivity contribution in [3.05, 3.63) is 23.8 Å². The molecule has 1 aliphatic heterocycles. The summed E-state index contributed by atoms with van der Waals surface area (Å²) in [7, 11) is 0. The second-order valence-corrected chi connectivity index (χ2v) is 3.64. The van der Waals surface area contributed by atoms with Crippen molar-refractivity contribution in [3.63, 3.8) is 0 Å². The molecule has 5 heteroatoms. The summed E-state index contributed by atoms with van der Waals surface area (Å²) in [5, 5.41) is 9.85. The molecule has 0 bridgehead atoms. The Kier molecular flexibility index (Phi) is 3.49. The molecule has 1 heterocycles. The number of aliphatic hydroxyl groups excluding tert-OH is 1. The predicted octanol–water partition coefficient (Wildman–Crippen LogP) is 1.40. The maximum Gasteiger partial charge on any atom is 0.308 e. The standard InChI is InChI=1S/C12H14O5/c1-2-15-12(14)6-9(13)8-3-4-10-11(5-8)17-7-16-10/h3-5,9,13H,2,6-7H2,1H3. The summed E-state index contributed by atoms with van der Waals surface area (Å²) in [5.74, 6) is 0.820. The third-order valence-corrected chi connectivity index (χ3v) is 2.45. The summed E-state index contributed by atoms with van der Waals surface area (Å²) in [4.78, 5) is 11.2. The van der Waals surface area contributed by atoms with Crippen LogP contribution >= 0.6 is 0 Å². The summed E-state index contributed by atoms with van der Waals surface area (Å²) in [6.07, 6.45) is -0.948. The van der Waals surface area contributed by atoms with E-state index in [1.165, 1.54) is 0 Å². The van der Waals surface area contributed by atoms with E-state index in [0.29, 0.717) is 23.7 Å². The van der Waals surface area contributed by atoms with Crippen LogP contribution in [0.15, 0.2) is 18.2 Å². The smallest absolute Gasteiger partial charge is 0.308 e. The molecule has 0 aromatic heterocycles. The molecule has 5 nitrogen and oxygen atoms in total. The van der Waals surface area contributed by atoms with Gasteiger partial charge in [0.05, 0.1) is 19.1 Å². The highest BCUT2D eigenvalue weighted by molar-refractivity contribution is 5.70. The second kappa shape index (κ2) is 5.05. The number of aliphatic hydroxyl groups is 1. The molecule has 0 aliphatic carbocycles. The van der Waals surface area contributed by atoms with Gasteiger partial charge in [0.15, 0.2) is 11.5 Å². The van der Waals surface area contributed by atoms with Gasteiger partial charge in [-0.05, 0) is 24.6 Å². The third kappa shape index (κ3) is 2.68. The van der Waals surface area contributed by atoms with Crippen LogP contribution in [0.2, 0.25) is 0 Å². The molecule has 1 unspecified atom stereocenters. The monoisotopic (exact) mass is 238 g/mol. The van der Waals surface area contributed by atoms with Gasteiger partial charge in [-0.25, -0.2) is 0 Å². The van der Waals surface area contributed by atoms with Gasteiger partial charge in [0.25, 0.3) is 0 Å². The fraction of sp³-hybridized carbons (Fsp3) is 0.417. The molecule has 0 radical (unpaired) electrons. The van der Waals surface area contributed by atoms with Gasteiger partial charge in [0, 0.05) is 0 Å². The topological polar surface area (TPSA) is 65.0 Å². The molecule has 92 valence electrons. The van der Waals surface area contributed by atoms with E-state index < -0.39 is 12.1 Å². The molecular weight excluding hydrogens is 224 g/mol. The first-order chi connectivity index (χ1) is 8.20. The van der Waals surface area contributed by atoms with Gasteiger partial charge in [0.2, 0.25) is 6.79 Å². The van der Waals surface area contributed by atoms with Crippen molar-refractivity contribution in [2.75, 3.05) is 13.4 Å². The van der Waals surface area contributed by atoms with Crippen molar-refractivity contribution in [2.24, 2.45) is 0 Å². The second-order valence-electron chi connectivity index (χ2n) is 3.64. The first-order valence-corrected chi connectivity index (χ1v) is 5.44. The van der Waals surface area contributed by atoms with E-state index >= 15 is 0 Å². The van der Waals surface area contributed by atoms with E-state index in [4.69, 9.17) is 14.2 Å². The molecule has 0 amide bonds. The maximum absolute atomic E-state index is 11.2. The summed E-state index contributed by atoms with van der Waals surface area (Å²) in [6.45, 7) is 2.23. The lowest BCUT2D eigenvalue weighted by Crippen LogP contribution is -2.09. The first-order valence-electron chi connectivity index (χ1n) is 5.44. The average molecular weight is 238 g/mol. The number of hydrogen-bond acceptors (Lipinski definition) is 5. The van der Waals surface area contributed by atoms with Crippen molar-refractivity contribution >= 4 is 5.97 Å². The largest absolute Gasteiger partial charge is 0.466 e. The number of fused-ring (bicyclic) bond motifs is 1. The van der Waals surface area contributed by atoms with Crippen LogP contribution in [0.5, 0.6) is 11.5 Å². The Morgan fingerprint density at radius 2 is 2.24 bits per heavy atom. The Balaban J connectivity index is 2.04. The number of carbonyl (C=O) groups excluding carboxylic acids is 1. The highest BCUT2D eigenvalue weighted by Crippen LogP contribution is 2.34. The summed E-state index contributed by atoms with van der Waals surface area (Å²) < 4.78 is 15.1. The summed E-state index contributed by atoms with van der Waals surface area (Å²) in [6, 6.07) is 5.09. The minimum absolute atomic E-state index is 0.0620. The Labute approximate surface area is 98.9 Å². The van der Waals surface area contributed by atoms with Crippen LogP contribution in [0.4, 0.5) is 0 Å². The van der Waals surface area contributed by atoms with Crippen molar-refractivity contribution in [1.82, 2.24) is 0 Å². The molecule has 0 fully saturated rings. The lowest BCUT2D eigenvalue weighted by molar-refractivity contribution is -0.145. The molecule has 0 saturated heterocycles. The quantitative estimate of drug-likeness (QED) is 0.803. The Morgan fingerprint density at radius 3 is 3.00 bits per heavy atom. The molecule has 0 spiro atoms. The zero-order valence-electron chi connectivity index (χ0n) is 9.51. The first kappa shape index (κ1) is 11.7. The SMILES string of the molecule is CCOC(=O)CC(O)c1ccc2c(c1)OCO2. The zero-order chi connectivity index (χ0) is 12.3. The molecule has 1 atom stereocenters. The Morgan fingerprint density at radius 1 is 1.47 bits per heavy atom. The fourth-order valence-electron chi connectivity index (χ4n) is 1.62. The molecular formula is C12H14O5. The number of rotatable bonds is 4. The Hall–Kier alpha value is -1.75. The molecule has 1 aromatic carbocycles. The van der Waals surface area contributed by atoms with Gasteiger partial charge >= 0.3 is 5.97 Å². The maximum atomic E-state index is 11.2. The lowest BCUT2D eigenvalue weighted by atomic mass is 10.1. The predicted molar refractivity (Wildman–Crippen MR) is 58.8 cm³/mol. The van der Waals surface area contributed by atoms with Crippen LogP contribution in [-0.2, 0) is 9.53 Å². The number of carbonyl (C=O) groups is 1. The minimum Gasteiger partial charge on any atom is -0.466 e. The van der Waals surface area contributed by atoms with E-state index in [2.05, 4.69) is 0 Å². The normalized spacial score (nSPS) is 14.5. The van der Waals surface area contributed by atoms with Crippen molar-refractivity contribution in [1.29, 1.82) is 0 Å². The highest BCUT2D eigenvalue weighted by Gasteiger charge is 2.18. The van der Waals surface area contributed by atoms with Gasteiger partial charge < -0.3 is 19.3 Å². The van der Waals surface area contributed by atoms with Crippen LogP contribution in [-0.4, -0.2) is 24.5 Å². The number of hydrogen-bond donors (Lipinski definition) is 1. The highest BCUT2D eigenvalue weighted by atomic mass is 16.7. The van der Waals surface area contributed by atoms with E-state index in [0.717, 1.165) is 0 Å². The van der Waals surface area contributed by atoms with Gasteiger partial charge in [-0.15, -0.1) is 0 Å². The Bertz CT molecular complexity index is 415. The van der Waals surface area contributed by atoms with E-state index in [1.807, 2.05) is 0 Å². The van der Waals surface area contributed by atoms with Crippen LogP contribution in [0.1, 0.15) is 25.0 Å². The minimum atomic E-state index is -0.886. The van der Waals surface area contributed by atoms with Crippen molar-refractivity contribution in [2.45, 2.75) is 19.4 Å². The number of ether oxygens (including phenoxy) is 3. The van der Waals surface area contributed by atoms with Gasteiger partial charge in [-0.1, -0.05) is 6.07 Å². The molecule has 1 aliphatic rings. The zero-order valence-corrected chi connectivity index (χ0v) is 9.51. The van der Waals surface area contributed by atoms with E-state index in [-0.39, 0.29) is 13.2 Å². The molecule has 17 heavy (non-hydrogen) atoms. The van der Waals surface area contributed by atoms with Gasteiger partial charge in [-0.2, -0.15) is 0 Å². The number of esters is 1. The average Bonchev–Trinajstić information content (AvgIpc) is 2.75. The lowest BCUT2D eigenvalue weighted by Gasteiger charge is -2.10. The third-order valence-electron chi connectivity index (χ3n) is 2.45. The molecule has 0 saturated carbocycles. The van der Waals surface area contributed by atoms with Crippen LogP contribution < -0.4 is 9.47 Å². The van der Waals surface area contributed by atoms with E-state index in [1.54, 1.807) is 25.1 Å². The van der Waals surface area contributed by atoms with Gasteiger partial charge in [-0.3, -0.25) is 4.79 Å². The van der Waals surface area contributed by atoms with E-state index in [9.17, 15) is 9.90 Å². The summed E-state index contributed by atoms with van der Waals surface area (Å²) >= 11 is 0. The molecule has 1 aromatic rings. The van der Waals surface area contributed by atoms with Crippen LogP contribution in [0.3, 0.4) is 0 Å². The van der Waals surface area contributed by atoms with Crippen molar-refractivity contribution in [3.8, 4) is 11.5 Å². The van der Waals surface area contributed by atoms with Crippen LogP contribution in [0.25, 0.3) is 0 Å². The number of benzene rings is 1. The fourth-order valence-corrected chi connectivity index (χ4v) is 1.62. The molecule has 2 rings (SSSR count). The molecule has 1 N–H and O–H groups in total. The van der Waals surface area contributed by atoms with Gasteiger partial charge in [0.1, 0.15) is 0 Å². The van der Waals surface area contributed by atoms with Crippen LogP contribution in [0, 0.1) is 0 Å². The van der Waals surface area contributed by atoms with Crippen molar-refractivity contribution < 1.29 is 24.1 Å². The summed E-state index contributed by atoms with van der Waals surface area (Å²) in [5.41, 5.74) is 0.613.